The lowest BCUT2D eigenvalue weighted by molar-refractivity contribution is -0.384. The van der Waals surface area contributed by atoms with Gasteiger partial charge in [0.2, 0.25) is 5.91 Å². The molecule has 0 bridgehead atoms. The van der Waals surface area contributed by atoms with Crippen LogP contribution in [0.1, 0.15) is 16.7 Å². The van der Waals surface area contributed by atoms with Crippen molar-refractivity contribution in [3.05, 3.63) is 87.5 Å². The minimum absolute atomic E-state index is 0.0147. The molecular weight excluding hydrogens is 330 g/mol. The smallest absolute Gasteiger partial charge is 0.270 e. The summed E-state index contributed by atoms with van der Waals surface area (Å²) in [5, 5.41) is 16.9. The second-order valence-electron chi connectivity index (χ2n) is 5.91. The summed E-state index contributed by atoms with van der Waals surface area (Å²) in [6, 6.07) is 18.2. The summed E-state index contributed by atoms with van der Waals surface area (Å²) in [6.07, 6.45) is 1.62. The first-order valence-electron chi connectivity index (χ1n) is 8.08. The first-order chi connectivity index (χ1) is 12.5. The average Bonchev–Trinajstić information content (AvgIpc) is 2.63. The highest BCUT2D eigenvalue weighted by Gasteiger charge is 2.08. The van der Waals surface area contributed by atoms with E-state index in [9.17, 15) is 14.9 Å². The second-order valence-corrected chi connectivity index (χ2v) is 5.91. The SMILES string of the molecule is Cc1ccc([N+](=O)[O-])cc1/C=N/NC(=O)Cc1cccc2ccccc12. The van der Waals surface area contributed by atoms with Crippen molar-refractivity contribution in [3.8, 4) is 0 Å². The van der Waals surface area contributed by atoms with E-state index < -0.39 is 4.92 Å². The van der Waals surface area contributed by atoms with Crippen LogP contribution in [0.15, 0.2) is 65.8 Å². The molecule has 3 rings (SSSR count). The van der Waals surface area contributed by atoms with E-state index in [4.69, 9.17) is 0 Å². The number of nitrogens with one attached hydrogen (secondary N) is 1. The summed E-state index contributed by atoms with van der Waals surface area (Å²) in [5.74, 6) is -0.249. The molecule has 0 fully saturated rings. The minimum Gasteiger partial charge on any atom is -0.273 e. The van der Waals surface area contributed by atoms with E-state index in [1.165, 1.54) is 18.3 Å². The molecule has 3 aromatic carbocycles. The van der Waals surface area contributed by atoms with Gasteiger partial charge in [0, 0.05) is 17.7 Å². The zero-order chi connectivity index (χ0) is 18.5. The van der Waals surface area contributed by atoms with Crippen molar-refractivity contribution >= 4 is 28.6 Å². The third kappa shape index (κ3) is 3.92. The molecule has 3 aromatic rings. The number of amides is 1. The van der Waals surface area contributed by atoms with Gasteiger partial charge >= 0.3 is 0 Å². The third-order valence-corrected chi connectivity index (χ3v) is 4.10. The number of fused-ring (bicyclic) bond motifs is 1. The van der Waals surface area contributed by atoms with E-state index in [1.807, 2.05) is 49.4 Å². The van der Waals surface area contributed by atoms with Crippen LogP contribution < -0.4 is 5.43 Å². The van der Waals surface area contributed by atoms with Crippen molar-refractivity contribution in [2.45, 2.75) is 13.3 Å². The summed E-state index contributed by atoms with van der Waals surface area (Å²) in [7, 11) is 0. The van der Waals surface area contributed by atoms with Gasteiger partial charge in [0.1, 0.15) is 0 Å². The van der Waals surface area contributed by atoms with E-state index in [1.54, 1.807) is 6.07 Å². The number of nitro groups is 1. The van der Waals surface area contributed by atoms with Crippen LogP contribution in [-0.4, -0.2) is 17.0 Å². The lowest BCUT2D eigenvalue weighted by atomic mass is 10.0. The quantitative estimate of drug-likeness (QED) is 0.433. The lowest BCUT2D eigenvalue weighted by Gasteiger charge is -2.05. The van der Waals surface area contributed by atoms with Crippen molar-refractivity contribution in [1.82, 2.24) is 5.43 Å². The number of nitro benzene ring substituents is 1. The van der Waals surface area contributed by atoms with Gasteiger partial charge in [-0.1, -0.05) is 48.5 Å². The largest absolute Gasteiger partial charge is 0.273 e. The van der Waals surface area contributed by atoms with Gasteiger partial charge in [-0.2, -0.15) is 5.10 Å². The Balaban J connectivity index is 1.70. The molecule has 0 aliphatic heterocycles. The molecule has 1 amide bonds. The summed E-state index contributed by atoms with van der Waals surface area (Å²) < 4.78 is 0. The maximum atomic E-state index is 12.2. The molecule has 0 aromatic heterocycles. The summed E-state index contributed by atoms with van der Waals surface area (Å²) >= 11 is 0. The number of non-ortho nitro benzene ring substituents is 1. The number of hydrogen-bond acceptors (Lipinski definition) is 4. The number of carbonyl (C=O) groups is 1. The van der Waals surface area contributed by atoms with Crippen LogP contribution in [0.25, 0.3) is 10.8 Å². The average molecular weight is 347 g/mol. The van der Waals surface area contributed by atoms with Crippen molar-refractivity contribution < 1.29 is 9.72 Å². The van der Waals surface area contributed by atoms with Crippen LogP contribution in [-0.2, 0) is 11.2 Å². The number of hydrogen-bond donors (Lipinski definition) is 1. The Morgan fingerprint density at radius 1 is 1.15 bits per heavy atom. The summed E-state index contributed by atoms with van der Waals surface area (Å²) in [4.78, 5) is 22.6. The van der Waals surface area contributed by atoms with E-state index in [-0.39, 0.29) is 18.0 Å². The molecule has 0 aliphatic carbocycles. The molecule has 26 heavy (non-hydrogen) atoms. The fourth-order valence-corrected chi connectivity index (χ4v) is 2.71. The highest BCUT2D eigenvalue weighted by atomic mass is 16.6. The maximum Gasteiger partial charge on any atom is 0.270 e. The Labute approximate surface area is 150 Å². The molecule has 0 heterocycles. The molecule has 0 aliphatic rings. The van der Waals surface area contributed by atoms with Gasteiger partial charge in [-0.05, 0) is 28.8 Å². The van der Waals surface area contributed by atoms with Crippen LogP contribution >= 0.6 is 0 Å². The predicted molar refractivity (Wildman–Crippen MR) is 101 cm³/mol. The van der Waals surface area contributed by atoms with Crippen molar-refractivity contribution in [1.29, 1.82) is 0 Å². The number of nitrogens with zero attached hydrogens (tertiary/aromatic N) is 2. The van der Waals surface area contributed by atoms with Crippen LogP contribution in [0.2, 0.25) is 0 Å². The third-order valence-electron chi connectivity index (χ3n) is 4.10. The van der Waals surface area contributed by atoms with Crippen LogP contribution in [0.3, 0.4) is 0 Å². The molecule has 0 saturated heterocycles. The normalized spacial score (nSPS) is 11.0. The Morgan fingerprint density at radius 2 is 1.92 bits per heavy atom. The molecule has 1 N–H and O–H groups in total. The van der Waals surface area contributed by atoms with Gasteiger partial charge in [-0.15, -0.1) is 0 Å². The Kier molecular flexibility index (Phi) is 5.03. The first-order valence-corrected chi connectivity index (χ1v) is 8.08. The number of rotatable bonds is 5. The Morgan fingerprint density at radius 3 is 2.73 bits per heavy atom. The van der Waals surface area contributed by atoms with Crippen molar-refractivity contribution in [2.75, 3.05) is 0 Å². The van der Waals surface area contributed by atoms with Crippen molar-refractivity contribution in [3.63, 3.8) is 0 Å². The van der Waals surface area contributed by atoms with Crippen LogP contribution in [0, 0.1) is 17.0 Å². The minimum atomic E-state index is -0.462. The molecular formula is C20H17N3O3. The second kappa shape index (κ2) is 7.57. The van der Waals surface area contributed by atoms with E-state index >= 15 is 0 Å². The zero-order valence-corrected chi connectivity index (χ0v) is 14.2. The van der Waals surface area contributed by atoms with Gasteiger partial charge in [0.05, 0.1) is 17.6 Å². The summed E-state index contributed by atoms with van der Waals surface area (Å²) in [6.45, 7) is 1.82. The topological polar surface area (TPSA) is 84.6 Å². The monoisotopic (exact) mass is 347 g/mol. The molecule has 6 heteroatoms. The summed E-state index contributed by atoms with van der Waals surface area (Å²) in [5.41, 5.74) is 4.81. The van der Waals surface area contributed by atoms with E-state index in [0.29, 0.717) is 5.56 Å². The van der Waals surface area contributed by atoms with Crippen LogP contribution in [0.4, 0.5) is 5.69 Å². The van der Waals surface area contributed by atoms with Gasteiger partial charge in [-0.3, -0.25) is 14.9 Å². The van der Waals surface area contributed by atoms with Gasteiger partial charge in [-0.25, -0.2) is 5.43 Å². The molecule has 0 unspecified atom stereocenters. The highest BCUT2D eigenvalue weighted by Crippen LogP contribution is 2.19. The van der Waals surface area contributed by atoms with Gasteiger partial charge in [0.15, 0.2) is 0 Å². The predicted octanol–water partition coefficient (Wildman–Crippen LogP) is 3.75. The fraction of sp³-hybridized carbons (Fsp3) is 0.100. The molecule has 0 atom stereocenters. The van der Waals surface area contributed by atoms with Crippen LogP contribution in [0.5, 0.6) is 0 Å². The number of aryl methyl sites for hydroxylation is 1. The standard InChI is InChI=1S/C20H17N3O3/c1-14-9-10-18(23(25)26)11-17(14)13-21-22-20(24)12-16-7-4-6-15-5-2-3-8-19(15)16/h2-11,13H,12H2,1H3,(H,22,24)/b21-13+. The Bertz CT molecular complexity index is 1010. The van der Waals surface area contributed by atoms with E-state index in [0.717, 1.165) is 21.9 Å². The lowest BCUT2D eigenvalue weighted by Crippen LogP contribution is -2.20. The number of benzene rings is 3. The van der Waals surface area contributed by atoms with Crippen molar-refractivity contribution in [2.24, 2.45) is 5.10 Å². The van der Waals surface area contributed by atoms with E-state index in [2.05, 4.69) is 10.5 Å². The highest BCUT2D eigenvalue weighted by molar-refractivity contribution is 5.90. The maximum absolute atomic E-state index is 12.2. The zero-order valence-electron chi connectivity index (χ0n) is 14.2. The molecule has 0 spiro atoms. The molecule has 0 saturated carbocycles. The van der Waals surface area contributed by atoms with Gasteiger partial charge in [0.25, 0.3) is 5.69 Å². The number of carbonyl (C=O) groups excluding carboxylic acids is 1. The first kappa shape index (κ1) is 17.3. The number of hydrazone groups is 1. The Hall–Kier alpha value is -3.54. The molecule has 130 valence electrons. The fourth-order valence-electron chi connectivity index (χ4n) is 2.71. The molecule has 0 radical (unpaired) electrons. The molecule has 6 nitrogen and oxygen atoms in total. The van der Waals surface area contributed by atoms with Gasteiger partial charge < -0.3 is 0 Å².